The summed E-state index contributed by atoms with van der Waals surface area (Å²) in [4.78, 5) is 0. The molecule has 0 aromatic carbocycles. The fourth-order valence-corrected chi connectivity index (χ4v) is 4.39. The lowest BCUT2D eigenvalue weighted by molar-refractivity contribution is 0.725. The zero-order chi connectivity index (χ0) is 10.9. The van der Waals surface area contributed by atoms with Crippen molar-refractivity contribution >= 4 is 28.9 Å². The molecule has 0 saturated carbocycles. The number of rotatable bonds is 9. The SMILES string of the molecule is C=CCCCCC[Si](Cl)(Cl)CCC=C. The molecule has 82 valence electrons. The molecule has 0 nitrogen and oxygen atoms in total. The van der Waals surface area contributed by atoms with Gasteiger partial charge in [-0.05, 0) is 31.4 Å². The Morgan fingerprint density at radius 1 is 0.857 bits per heavy atom. The van der Waals surface area contributed by atoms with Gasteiger partial charge in [0.15, 0.2) is 0 Å². The molecular weight excluding hydrogens is 231 g/mol. The molecule has 0 bridgehead atoms. The van der Waals surface area contributed by atoms with Crippen molar-refractivity contribution in [3.8, 4) is 0 Å². The van der Waals surface area contributed by atoms with Crippen molar-refractivity contribution < 1.29 is 0 Å². The van der Waals surface area contributed by atoms with E-state index in [1.54, 1.807) is 0 Å². The highest BCUT2D eigenvalue weighted by Crippen LogP contribution is 2.29. The second-order valence-corrected chi connectivity index (χ2v) is 11.2. The van der Waals surface area contributed by atoms with Crippen LogP contribution in [-0.2, 0) is 0 Å². The monoisotopic (exact) mass is 250 g/mol. The Labute approximate surface area is 98.4 Å². The zero-order valence-corrected chi connectivity index (χ0v) is 11.3. The molecule has 0 radical (unpaired) electrons. The van der Waals surface area contributed by atoms with Gasteiger partial charge in [-0.3, -0.25) is 0 Å². The maximum atomic E-state index is 6.26. The van der Waals surface area contributed by atoms with Gasteiger partial charge in [-0.15, -0.1) is 35.3 Å². The van der Waals surface area contributed by atoms with Crippen molar-refractivity contribution in [2.24, 2.45) is 0 Å². The van der Waals surface area contributed by atoms with Crippen LogP contribution in [0.3, 0.4) is 0 Å². The molecule has 14 heavy (non-hydrogen) atoms. The molecule has 0 spiro atoms. The van der Waals surface area contributed by atoms with Crippen LogP contribution in [0.1, 0.15) is 32.1 Å². The van der Waals surface area contributed by atoms with Crippen molar-refractivity contribution in [3.63, 3.8) is 0 Å². The van der Waals surface area contributed by atoms with Crippen LogP contribution in [0.4, 0.5) is 0 Å². The fraction of sp³-hybridized carbons (Fsp3) is 0.636. The fourth-order valence-electron chi connectivity index (χ4n) is 1.29. The molecule has 3 heteroatoms. The third-order valence-corrected chi connectivity index (χ3v) is 6.54. The van der Waals surface area contributed by atoms with Gasteiger partial charge in [-0.25, -0.2) is 0 Å². The van der Waals surface area contributed by atoms with E-state index in [-0.39, 0.29) is 0 Å². The molecule has 0 rings (SSSR count). The second-order valence-electron chi connectivity index (χ2n) is 3.57. The predicted molar refractivity (Wildman–Crippen MR) is 70.6 cm³/mol. The number of allylic oxidation sites excluding steroid dienone is 2. The van der Waals surface area contributed by atoms with Crippen LogP contribution in [0, 0.1) is 0 Å². The maximum absolute atomic E-state index is 6.26. The van der Waals surface area contributed by atoms with Crippen molar-refractivity contribution in [3.05, 3.63) is 25.3 Å². The largest absolute Gasteiger partial charge is 0.251 e. The second kappa shape index (κ2) is 8.57. The summed E-state index contributed by atoms with van der Waals surface area (Å²) in [5, 5.41) is 0. The maximum Gasteiger partial charge on any atom is 0.251 e. The summed E-state index contributed by atoms with van der Waals surface area (Å²) < 4.78 is 0. The van der Waals surface area contributed by atoms with Gasteiger partial charge in [0.2, 0.25) is 0 Å². The summed E-state index contributed by atoms with van der Waals surface area (Å²) in [7, 11) is 0. The van der Waals surface area contributed by atoms with Crippen molar-refractivity contribution in [2.45, 2.75) is 44.2 Å². The first-order valence-corrected chi connectivity index (χ1v) is 9.66. The molecule has 0 aromatic heterocycles. The Bertz CT molecular complexity index is 167. The molecule has 0 aliphatic heterocycles. The first-order valence-electron chi connectivity index (χ1n) is 5.22. The molecule has 0 aliphatic carbocycles. The molecule has 0 aliphatic rings. The molecular formula is C11H20Cl2Si. The first kappa shape index (κ1) is 14.3. The van der Waals surface area contributed by atoms with Crippen molar-refractivity contribution in [1.82, 2.24) is 0 Å². The predicted octanol–water partition coefficient (Wildman–Crippen LogP) is 5.23. The highest BCUT2D eigenvalue weighted by molar-refractivity contribution is 7.45. The Morgan fingerprint density at radius 3 is 2.07 bits per heavy atom. The number of hydrogen-bond donors (Lipinski definition) is 0. The van der Waals surface area contributed by atoms with E-state index in [1.807, 2.05) is 12.2 Å². The van der Waals surface area contributed by atoms with Gasteiger partial charge in [0.1, 0.15) is 0 Å². The summed E-state index contributed by atoms with van der Waals surface area (Å²) >= 11 is 12.5. The van der Waals surface area contributed by atoms with E-state index < -0.39 is 6.69 Å². The molecule has 0 fully saturated rings. The highest BCUT2D eigenvalue weighted by atomic mass is 35.7. The summed E-state index contributed by atoms with van der Waals surface area (Å²) in [6, 6.07) is 1.96. The zero-order valence-electron chi connectivity index (χ0n) is 8.77. The first-order chi connectivity index (χ1) is 6.62. The Kier molecular flexibility index (Phi) is 8.74. The molecule has 0 aromatic rings. The van der Waals surface area contributed by atoms with Crippen molar-refractivity contribution in [2.75, 3.05) is 0 Å². The van der Waals surface area contributed by atoms with E-state index in [0.717, 1.165) is 31.4 Å². The minimum Gasteiger partial charge on any atom is -0.146 e. The van der Waals surface area contributed by atoms with Gasteiger partial charge in [0.05, 0.1) is 0 Å². The van der Waals surface area contributed by atoms with Crippen LogP contribution >= 0.6 is 22.2 Å². The van der Waals surface area contributed by atoms with E-state index in [4.69, 9.17) is 22.2 Å². The standard InChI is InChI=1S/C11H20Cl2Si/c1-3-5-7-8-9-11-14(12,13)10-6-4-2/h3-4H,1-2,5-11H2. The van der Waals surface area contributed by atoms with E-state index in [1.165, 1.54) is 12.8 Å². The van der Waals surface area contributed by atoms with E-state index in [2.05, 4.69) is 13.2 Å². The summed E-state index contributed by atoms with van der Waals surface area (Å²) in [5.74, 6) is 0. The Hall–Kier alpha value is 0.277. The lowest BCUT2D eigenvalue weighted by Gasteiger charge is -2.14. The van der Waals surface area contributed by atoms with Crippen LogP contribution < -0.4 is 0 Å². The molecule has 0 atom stereocenters. The molecule has 0 saturated heterocycles. The van der Waals surface area contributed by atoms with Gasteiger partial charge in [0, 0.05) is 0 Å². The molecule has 0 heterocycles. The van der Waals surface area contributed by atoms with E-state index in [9.17, 15) is 0 Å². The Balaban J connectivity index is 3.44. The van der Waals surface area contributed by atoms with Gasteiger partial charge in [0.25, 0.3) is 6.69 Å². The summed E-state index contributed by atoms with van der Waals surface area (Å²) in [5.41, 5.74) is 0. The van der Waals surface area contributed by atoms with Gasteiger partial charge in [-0.1, -0.05) is 25.0 Å². The van der Waals surface area contributed by atoms with Gasteiger partial charge in [-0.2, -0.15) is 0 Å². The lowest BCUT2D eigenvalue weighted by Crippen LogP contribution is -2.17. The third-order valence-electron chi connectivity index (χ3n) is 2.17. The number of hydrogen-bond acceptors (Lipinski definition) is 0. The smallest absolute Gasteiger partial charge is 0.146 e. The van der Waals surface area contributed by atoms with Crippen LogP contribution in [0.15, 0.2) is 25.3 Å². The number of unbranched alkanes of at least 4 members (excludes halogenated alkanes) is 3. The van der Waals surface area contributed by atoms with Crippen molar-refractivity contribution in [1.29, 1.82) is 0 Å². The van der Waals surface area contributed by atoms with Crippen LogP contribution in [0.2, 0.25) is 12.1 Å². The normalized spacial score (nSPS) is 11.3. The van der Waals surface area contributed by atoms with E-state index in [0.29, 0.717) is 0 Å². The average molecular weight is 251 g/mol. The van der Waals surface area contributed by atoms with E-state index >= 15 is 0 Å². The third kappa shape index (κ3) is 8.86. The van der Waals surface area contributed by atoms with Gasteiger partial charge >= 0.3 is 0 Å². The Morgan fingerprint density at radius 2 is 1.50 bits per heavy atom. The average Bonchev–Trinajstić information content (AvgIpc) is 2.15. The molecule has 0 amide bonds. The lowest BCUT2D eigenvalue weighted by atomic mass is 10.2. The molecule has 0 N–H and O–H groups in total. The molecule has 0 unspecified atom stereocenters. The van der Waals surface area contributed by atoms with Crippen LogP contribution in [0.25, 0.3) is 0 Å². The number of halogens is 2. The minimum absolute atomic E-state index is 0.946. The van der Waals surface area contributed by atoms with Gasteiger partial charge < -0.3 is 0 Å². The quantitative estimate of drug-likeness (QED) is 0.228. The summed E-state index contributed by atoms with van der Waals surface area (Å²) in [6.45, 7) is 5.43. The highest BCUT2D eigenvalue weighted by Gasteiger charge is 2.26. The minimum atomic E-state index is -1.94. The van der Waals surface area contributed by atoms with Crippen LogP contribution in [0.5, 0.6) is 0 Å². The van der Waals surface area contributed by atoms with Crippen LogP contribution in [-0.4, -0.2) is 6.69 Å². The topological polar surface area (TPSA) is 0 Å². The summed E-state index contributed by atoms with van der Waals surface area (Å²) in [6.07, 6.45) is 9.49.